The summed E-state index contributed by atoms with van der Waals surface area (Å²) in [5.41, 5.74) is 2.38. The summed E-state index contributed by atoms with van der Waals surface area (Å²) in [5.74, 6) is 1.35. The zero-order valence-corrected chi connectivity index (χ0v) is 11.5. The van der Waals surface area contributed by atoms with Crippen LogP contribution in [0.1, 0.15) is 27.9 Å². The highest BCUT2D eigenvalue weighted by molar-refractivity contribution is 6.00. The molecule has 21 heavy (non-hydrogen) atoms. The molecule has 5 heteroatoms. The summed E-state index contributed by atoms with van der Waals surface area (Å²) in [4.78, 5) is 21.9. The van der Waals surface area contributed by atoms with Gasteiger partial charge in [-0.15, -0.1) is 0 Å². The molecule has 0 bridgehead atoms. The van der Waals surface area contributed by atoms with Crippen molar-refractivity contribution in [1.29, 1.82) is 0 Å². The first-order chi connectivity index (χ1) is 10.0. The summed E-state index contributed by atoms with van der Waals surface area (Å²) in [6, 6.07) is 10.0. The van der Waals surface area contributed by atoms with Crippen molar-refractivity contribution in [3.05, 3.63) is 63.2 Å². The summed E-state index contributed by atoms with van der Waals surface area (Å²) in [7, 11) is 0. The molecule has 0 aromatic heterocycles. The molecule has 106 valence electrons. The van der Waals surface area contributed by atoms with Gasteiger partial charge in [-0.1, -0.05) is 0 Å². The lowest BCUT2D eigenvalue weighted by atomic mass is 10.1. The molecule has 0 saturated heterocycles. The number of hydrogen-bond donors (Lipinski definition) is 0. The molecule has 5 nitrogen and oxygen atoms in total. The number of benzene rings is 2. The smallest absolute Gasteiger partial charge is 0.272 e. The summed E-state index contributed by atoms with van der Waals surface area (Å²) < 4.78 is 5.72. The fourth-order valence-corrected chi connectivity index (χ4v) is 2.53. The highest BCUT2D eigenvalue weighted by Gasteiger charge is 2.19. The van der Waals surface area contributed by atoms with Crippen LogP contribution in [0.25, 0.3) is 0 Å². The third-order valence-corrected chi connectivity index (χ3v) is 3.60. The number of ether oxygens (including phenoxy) is 1. The predicted molar refractivity (Wildman–Crippen MR) is 77.0 cm³/mol. The van der Waals surface area contributed by atoms with E-state index in [4.69, 9.17) is 4.74 Å². The summed E-state index contributed by atoms with van der Waals surface area (Å²) in [6.45, 7) is 1.67. The maximum absolute atomic E-state index is 11.6. The number of nitro benzene ring substituents is 1. The molecule has 0 fully saturated rings. The van der Waals surface area contributed by atoms with Crippen LogP contribution >= 0.6 is 0 Å². The molecule has 0 heterocycles. The third-order valence-electron chi connectivity index (χ3n) is 3.60. The van der Waals surface area contributed by atoms with E-state index in [0.717, 1.165) is 17.5 Å². The largest absolute Gasteiger partial charge is 0.457 e. The highest BCUT2D eigenvalue weighted by Crippen LogP contribution is 2.30. The Morgan fingerprint density at radius 3 is 2.52 bits per heavy atom. The van der Waals surface area contributed by atoms with Gasteiger partial charge in [0.1, 0.15) is 11.5 Å². The second-order valence-electron chi connectivity index (χ2n) is 5.05. The number of fused-ring (bicyclic) bond motifs is 1. The Kier molecular flexibility index (Phi) is 3.17. The first kappa shape index (κ1) is 13.3. The van der Waals surface area contributed by atoms with Crippen LogP contribution in [0.15, 0.2) is 36.4 Å². The van der Waals surface area contributed by atoms with Gasteiger partial charge in [-0.25, -0.2) is 0 Å². The second kappa shape index (κ2) is 5.01. The zero-order chi connectivity index (χ0) is 15.0. The predicted octanol–water partition coefficient (Wildman–Crippen LogP) is 3.82. The van der Waals surface area contributed by atoms with Crippen LogP contribution in [0.5, 0.6) is 11.5 Å². The molecule has 3 rings (SSSR count). The van der Waals surface area contributed by atoms with Gasteiger partial charge >= 0.3 is 0 Å². The Hall–Kier alpha value is -2.69. The van der Waals surface area contributed by atoms with E-state index in [9.17, 15) is 14.9 Å². The number of hydrogen-bond acceptors (Lipinski definition) is 4. The number of ketones is 1. The van der Waals surface area contributed by atoms with Gasteiger partial charge in [0.15, 0.2) is 5.78 Å². The molecule has 2 aromatic rings. The lowest BCUT2D eigenvalue weighted by Gasteiger charge is -2.08. The van der Waals surface area contributed by atoms with Crippen molar-refractivity contribution in [3.8, 4) is 11.5 Å². The lowest BCUT2D eigenvalue weighted by molar-refractivity contribution is -0.385. The van der Waals surface area contributed by atoms with Gasteiger partial charge in [0.25, 0.3) is 5.69 Å². The number of carbonyl (C=O) groups is 1. The maximum Gasteiger partial charge on any atom is 0.272 e. The van der Waals surface area contributed by atoms with Gasteiger partial charge in [-0.05, 0) is 49.2 Å². The minimum atomic E-state index is -0.417. The molecule has 2 aromatic carbocycles. The molecule has 0 aliphatic heterocycles. The monoisotopic (exact) mass is 283 g/mol. The Morgan fingerprint density at radius 2 is 1.81 bits per heavy atom. The lowest BCUT2D eigenvalue weighted by Crippen LogP contribution is -1.94. The maximum atomic E-state index is 11.6. The van der Waals surface area contributed by atoms with Gasteiger partial charge in [-0.2, -0.15) is 0 Å². The number of aryl methyl sites for hydroxylation is 2. The van der Waals surface area contributed by atoms with Gasteiger partial charge in [0, 0.05) is 23.6 Å². The highest BCUT2D eigenvalue weighted by atomic mass is 16.6. The third kappa shape index (κ3) is 2.50. The van der Waals surface area contributed by atoms with Crippen molar-refractivity contribution < 1.29 is 14.5 Å². The molecule has 0 N–H and O–H groups in total. The van der Waals surface area contributed by atoms with Crippen molar-refractivity contribution in [2.45, 2.75) is 19.8 Å². The Bertz CT molecular complexity index is 752. The molecule has 0 amide bonds. The Balaban J connectivity index is 1.86. The number of rotatable bonds is 3. The minimum Gasteiger partial charge on any atom is -0.457 e. The molecule has 0 saturated carbocycles. The number of Topliss-reactive ketones (excluding diaryl/α,β-unsaturated/α-hetero) is 1. The average Bonchev–Trinajstić information content (AvgIpc) is 2.80. The van der Waals surface area contributed by atoms with Gasteiger partial charge in [-0.3, -0.25) is 14.9 Å². The van der Waals surface area contributed by atoms with E-state index in [1.807, 2.05) is 6.07 Å². The second-order valence-corrected chi connectivity index (χ2v) is 5.05. The quantitative estimate of drug-likeness (QED) is 0.634. The molecule has 0 radical (unpaired) electrons. The molecule has 1 aliphatic carbocycles. The summed E-state index contributed by atoms with van der Waals surface area (Å²) in [6.07, 6.45) is 1.29. The van der Waals surface area contributed by atoms with Crippen LogP contribution in [-0.2, 0) is 6.42 Å². The fourth-order valence-electron chi connectivity index (χ4n) is 2.53. The SMILES string of the molecule is Cc1cc(Oc2ccc3c(c2)CCC3=O)ccc1[N+](=O)[O-]. The van der Waals surface area contributed by atoms with Crippen molar-refractivity contribution in [2.75, 3.05) is 0 Å². The number of carbonyl (C=O) groups excluding carboxylic acids is 1. The normalized spacial score (nSPS) is 13.1. The van der Waals surface area contributed by atoms with Crippen LogP contribution in [0.4, 0.5) is 5.69 Å². The van der Waals surface area contributed by atoms with Crippen molar-refractivity contribution in [2.24, 2.45) is 0 Å². The van der Waals surface area contributed by atoms with Gasteiger partial charge < -0.3 is 4.74 Å². The number of nitrogens with zero attached hydrogens (tertiary/aromatic N) is 1. The molecule has 0 unspecified atom stereocenters. The summed E-state index contributed by atoms with van der Waals surface area (Å²) >= 11 is 0. The van der Waals surface area contributed by atoms with Crippen LogP contribution in [0, 0.1) is 17.0 Å². The van der Waals surface area contributed by atoms with Crippen molar-refractivity contribution >= 4 is 11.5 Å². The van der Waals surface area contributed by atoms with Crippen LogP contribution in [-0.4, -0.2) is 10.7 Å². The van der Waals surface area contributed by atoms with Crippen molar-refractivity contribution in [1.82, 2.24) is 0 Å². The van der Waals surface area contributed by atoms with E-state index in [1.165, 1.54) is 6.07 Å². The fraction of sp³-hybridized carbons (Fsp3) is 0.188. The average molecular weight is 283 g/mol. The molecule has 0 spiro atoms. The van der Waals surface area contributed by atoms with E-state index >= 15 is 0 Å². The Labute approximate surface area is 121 Å². The van der Waals surface area contributed by atoms with Crippen molar-refractivity contribution in [3.63, 3.8) is 0 Å². The Morgan fingerprint density at radius 1 is 1.10 bits per heavy atom. The van der Waals surface area contributed by atoms with Gasteiger partial charge in [0.05, 0.1) is 4.92 Å². The molecule has 1 aliphatic rings. The van der Waals surface area contributed by atoms with E-state index in [0.29, 0.717) is 23.5 Å². The van der Waals surface area contributed by atoms with Gasteiger partial charge in [0.2, 0.25) is 0 Å². The first-order valence-corrected chi connectivity index (χ1v) is 6.63. The topological polar surface area (TPSA) is 69.4 Å². The van der Waals surface area contributed by atoms with E-state index in [-0.39, 0.29) is 11.5 Å². The standard InChI is InChI=1S/C16H13NO4/c1-10-8-12(4-6-15(10)17(19)20)21-13-3-5-14-11(9-13)2-7-16(14)18/h3-6,8-9H,2,7H2,1H3. The molecular weight excluding hydrogens is 270 g/mol. The zero-order valence-electron chi connectivity index (χ0n) is 11.5. The van der Waals surface area contributed by atoms with E-state index in [2.05, 4.69) is 0 Å². The molecular formula is C16H13NO4. The van der Waals surface area contributed by atoms with Crippen LogP contribution in [0.3, 0.4) is 0 Å². The molecule has 0 atom stereocenters. The minimum absolute atomic E-state index is 0.0712. The number of nitro groups is 1. The van der Waals surface area contributed by atoms with Crippen LogP contribution in [0.2, 0.25) is 0 Å². The first-order valence-electron chi connectivity index (χ1n) is 6.63. The van der Waals surface area contributed by atoms with Crippen LogP contribution < -0.4 is 4.74 Å². The van der Waals surface area contributed by atoms with E-state index in [1.54, 1.807) is 31.2 Å². The summed E-state index contributed by atoms with van der Waals surface area (Å²) in [5, 5.41) is 10.8. The van der Waals surface area contributed by atoms with E-state index < -0.39 is 4.92 Å².